The second-order valence-electron chi connectivity index (χ2n) is 3.94. The quantitative estimate of drug-likeness (QED) is 0.715. The molecule has 0 aliphatic heterocycles. The van der Waals surface area contributed by atoms with Gasteiger partial charge in [0.05, 0.1) is 25.0 Å². The average molecular weight is 253 g/mol. The Morgan fingerprint density at radius 1 is 1.44 bits per heavy atom. The predicted octanol–water partition coefficient (Wildman–Crippen LogP) is 0.422. The van der Waals surface area contributed by atoms with Crippen molar-refractivity contribution in [1.29, 1.82) is 0 Å². The number of aromatic nitrogens is 2. The van der Waals surface area contributed by atoms with E-state index < -0.39 is 0 Å². The lowest BCUT2D eigenvalue weighted by Gasteiger charge is -2.04. The maximum absolute atomic E-state index is 11.4. The Hall–Kier alpha value is -1.85. The van der Waals surface area contributed by atoms with Gasteiger partial charge in [-0.1, -0.05) is 0 Å². The molecule has 1 aromatic rings. The average Bonchev–Trinajstić information content (AvgIpc) is 2.73. The van der Waals surface area contributed by atoms with Gasteiger partial charge in [-0.3, -0.25) is 9.59 Å². The monoisotopic (exact) mass is 253 g/mol. The summed E-state index contributed by atoms with van der Waals surface area (Å²) in [5, 5.41) is 2.74. The predicted molar refractivity (Wildman–Crippen MR) is 65.8 cm³/mol. The molecule has 0 aromatic carbocycles. The summed E-state index contributed by atoms with van der Waals surface area (Å²) in [4.78, 5) is 26.6. The number of rotatable bonds is 7. The number of nitrogens with one attached hydrogen (secondary N) is 1. The van der Waals surface area contributed by atoms with Crippen LogP contribution < -0.4 is 5.32 Å². The van der Waals surface area contributed by atoms with Crippen LogP contribution in [0.3, 0.4) is 0 Å². The van der Waals surface area contributed by atoms with Crippen LogP contribution in [-0.4, -0.2) is 34.6 Å². The number of aryl methyl sites for hydroxylation is 1. The highest BCUT2D eigenvalue weighted by Gasteiger charge is 2.07. The summed E-state index contributed by atoms with van der Waals surface area (Å²) in [5.74, 6) is -0.476. The lowest BCUT2D eigenvalue weighted by molar-refractivity contribution is -0.144. The van der Waals surface area contributed by atoms with Crippen LogP contribution in [0.5, 0.6) is 0 Å². The normalized spacial score (nSPS) is 10.1. The number of imidazole rings is 1. The molecule has 1 rings (SSSR count). The Morgan fingerprint density at radius 2 is 2.22 bits per heavy atom. The minimum Gasteiger partial charge on any atom is -0.466 e. The van der Waals surface area contributed by atoms with Crippen molar-refractivity contribution in [2.45, 2.75) is 26.2 Å². The molecule has 6 heteroatoms. The van der Waals surface area contributed by atoms with Crippen LogP contribution in [-0.2, 0) is 27.8 Å². The zero-order chi connectivity index (χ0) is 13.4. The summed E-state index contributed by atoms with van der Waals surface area (Å²) in [6.45, 7) is 2.61. The van der Waals surface area contributed by atoms with E-state index in [1.54, 1.807) is 13.3 Å². The van der Waals surface area contributed by atoms with Crippen LogP contribution in [0, 0.1) is 0 Å². The lowest BCUT2D eigenvalue weighted by Crippen LogP contribution is -2.26. The first kappa shape index (κ1) is 14.2. The number of nitrogens with zero attached hydrogens (tertiary/aromatic N) is 2. The number of esters is 1. The van der Waals surface area contributed by atoms with Gasteiger partial charge in [0.2, 0.25) is 5.91 Å². The van der Waals surface area contributed by atoms with Crippen LogP contribution in [0.4, 0.5) is 0 Å². The zero-order valence-corrected chi connectivity index (χ0v) is 10.8. The molecular weight excluding hydrogens is 234 g/mol. The molecule has 0 saturated carbocycles. The van der Waals surface area contributed by atoms with Crippen LogP contribution in [0.1, 0.15) is 25.5 Å². The molecule has 1 amide bonds. The van der Waals surface area contributed by atoms with Gasteiger partial charge in [-0.05, 0) is 6.92 Å². The second-order valence-corrected chi connectivity index (χ2v) is 3.94. The molecule has 6 nitrogen and oxygen atoms in total. The molecule has 0 atom stereocenters. The van der Waals surface area contributed by atoms with Gasteiger partial charge in [-0.15, -0.1) is 0 Å². The number of amides is 1. The van der Waals surface area contributed by atoms with E-state index in [4.69, 9.17) is 4.74 Å². The van der Waals surface area contributed by atoms with E-state index in [1.165, 1.54) is 0 Å². The summed E-state index contributed by atoms with van der Waals surface area (Å²) < 4.78 is 6.60. The third-order valence-electron chi connectivity index (χ3n) is 2.32. The number of carbonyl (C=O) groups is 2. The Labute approximate surface area is 106 Å². The SMILES string of the molecule is CCOC(=O)CCC(=O)NCCc1cn(C)cn1. The fourth-order valence-electron chi connectivity index (χ4n) is 1.46. The van der Waals surface area contributed by atoms with E-state index >= 15 is 0 Å². The van der Waals surface area contributed by atoms with Crippen LogP contribution >= 0.6 is 0 Å². The van der Waals surface area contributed by atoms with E-state index in [9.17, 15) is 9.59 Å². The van der Waals surface area contributed by atoms with E-state index in [0.717, 1.165) is 5.69 Å². The lowest BCUT2D eigenvalue weighted by atomic mass is 10.3. The van der Waals surface area contributed by atoms with Crippen molar-refractivity contribution in [2.75, 3.05) is 13.2 Å². The molecule has 0 aliphatic carbocycles. The van der Waals surface area contributed by atoms with Crippen molar-refractivity contribution in [3.63, 3.8) is 0 Å². The zero-order valence-electron chi connectivity index (χ0n) is 10.8. The standard InChI is InChI=1S/C12H19N3O3/c1-3-18-12(17)5-4-11(16)13-7-6-10-8-15(2)9-14-10/h8-9H,3-7H2,1-2H3,(H,13,16). The van der Waals surface area contributed by atoms with Gasteiger partial charge in [0.25, 0.3) is 0 Å². The summed E-state index contributed by atoms with van der Waals surface area (Å²) in [5.41, 5.74) is 0.934. The first-order chi connectivity index (χ1) is 8.61. The van der Waals surface area contributed by atoms with Crippen molar-refractivity contribution in [1.82, 2.24) is 14.9 Å². The summed E-state index contributed by atoms with van der Waals surface area (Å²) in [6, 6.07) is 0. The first-order valence-corrected chi connectivity index (χ1v) is 6.01. The van der Waals surface area contributed by atoms with Crippen molar-refractivity contribution >= 4 is 11.9 Å². The van der Waals surface area contributed by atoms with Crippen molar-refractivity contribution < 1.29 is 14.3 Å². The molecule has 18 heavy (non-hydrogen) atoms. The van der Waals surface area contributed by atoms with Crippen molar-refractivity contribution in [3.05, 3.63) is 18.2 Å². The van der Waals surface area contributed by atoms with Gasteiger partial charge in [0.15, 0.2) is 0 Å². The Balaban J connectivity index is 2.12. The number of ether oxygens (including phenoxy) is 1. The van der Waals surface area contributed by atoms with Crippen LogP contribution in [0.15, 0.2) is 12.5 Å². The van der Waals surface area contributed by atoms with E-state index in [1.807, 2.05) is 17.8 Å². The van der Waals surface area contributed by atoms with Crippen LogP contribution in [0.2, 0.25) is 0 Å². The Morgan fingerprint density at radius 3 is 2.83 bits per heavy atom. The topological polar surface area (TPSA) is 73.2 Å². The van der Waals surface area contributed by atoms with Crippen molar-refractivity contribution in [3.8, 4) is 0 Å². The first-order valence-electron chi connectivity index (χ1n) is 6.01. The number of hydrogen-bond acceptors (Lipinski definition) is 4. The highest BCUT2D eigenvalue weighted by molar-refractivity contribution is 5.81. The van der Waals surface area contributed by atoms with Crippen LogP contribution in [0.25, 0.3) is 0 Å². The molecule has 0 spiro atoms. The highest BCUT2D eigenvalue weighted by Crippen LogP contribution is 1.96. The summed E-state index contributed by atoms with van der Waals surface area (Å²) >= 11 is 0. The molecule has 0 fully saturated rings. The fraction of sp³-hybridized carbons (Fsp3) is 0.583. The molecule has 1 N–H and O–H groups in total. The molecule has 0 radical (unpaired) electrons. The molecular formula is C12H19N3O3. The largest absolute Gasteiger partial charge is 0.466 e. The molecule has 0 saturated heterocycles. The smallest absolute Gasteiger partial charge is 0.306 e. The van der Waals surface area contributed by atoms with Gasteiger partial charge in [-0.2, -0.15) is 0 Å². The number of carbonyl (C=O) groups excluding carboxylic acids is 2. The Kier molecular flexibility index (Phi) is 5.90. The van der Waals surface area contributed by atoms with Gasteiger partial charge in [0, 0.05) is 32.6 Å². The third kappa shape index (κ3) is 5.47. The van der Waals surface area contributed by atoms with Gasteiger partial charge in [0.1, 0.15) is 0 Å². The van der Waals surface area contributed by atoms with E-state index in [0.29, 0.717) is 19.6 Å². The molecule has 0 unspecified atom stereocenters. The summed E-state index contributed by atoms with van der Waals surface area (Å²) in [6.07, 6.45) is 4.61. The molecule has 0 bridgehead atoms. The van der Waals surface area contributed by atoms with Gasteiger partial charge < -0.3 is 14.6 Å². The molecule has 1 aromatic heterocycles. The third-order valence-corrected chi connectivity index (χ3v) is 2.32. The van der Waals surface area contributed by atoms with Gasteiger partial charge in [-0.25, -0.2) is 4.98 Å². The number of hydrogen-bond donors (Lipinski definition) is 1. The minimum absolute atomic E-state index is 0.128. The maximum atomic E-state index is 11.4. The molecule has 1 heterocycles. The van der Waals surface area contributed by atoms with Crippen molar-refractivity contribution in [2.24, 2.45) is 7.05 Å². The fourth-order valence-corrected chi connectivity index (χ4v) is 1.46. The second kappa shape index (κ2) is 7.47. The van der Waals surface area contributed by atoms with E-state index in [-0.39, 0.29) is 24.7 Å². The Bertz CT molecular complexity index is 401. The van der Waals surface area contributed by atoms with E-state index in [2.05, 4.69) is 10.3 Å². The maximum Gasteiger partial charge on any atom is 0.306 e. The van der Waals surface area contributed by atoms with Gasteiger partial charge >= 0.3 is 5.97 Å². The highest BCUT2D eigenvalue weighted by atomic mass is 16.5. The molecule has 0 aliphatic rings. The summed E-state index contributed by atoms with van der Waals surface area (Å²) in [7, 11) is 1.90. The molecule has 100 valence electrons. The minimum atomic E-state index is -0.336.